The van der Waals surface area contributed by atoms with E-state index in [2.05, 4.69) is 5.32 Å². The lowest BCUT2D eigenvalue weighted by atomic mass is 9.95. The largest absolute Gasteiger partial charge is 0.496 e. The molecule has 4 nitrogen and oxygen atoms in total. The van der Waals surface area contributed by atoms with Gasteiger partial charge in [0.15, 0.2) is 0 Å². The Hall–Kier alpha value is -1.26. The Morgan fingerprint density at radius 2 is 2.15 bits per heavy atom. The Kier molecular flexibility index (Phi) is 6.82. The maximum atomic E-state index is 12.2. The van der Waals surface area contributed by atoms with Crippen LogP contribution in [0.4, 0.5) is 0 Å². The third kappa shape index (κ3) is 3.87. The molecule has 1 aromatic rings. The average Bonchev–Trinajstić information content (AvgIpc) is 2.93. The van der Waals surface area contributed by atoms with Crippen molar-refractivity contribution < 1.29 is 9.53 Å². The van der Waals surface area contributed by atoms with Crippen molar-refractivity contribution in [2.45, 2.75) is 25.8 Å². The molecule has 5 heteroatoms. The number of nitrogens with one attached hydrogen (secondary N) is 1. The van der Waals surface area contributed by atoms with Crippen molar-refractivity contribution in [3.63, 3.8) is 0 Å². The summed E-state index contributed by atoms with van der Waals surface area (Å²) < 4.78 is 5.27. The molecule has 0 heterocycles. The monoisotopic (exact) mass is 298 g/mol. The predicted molar refractivity (Wildman–Crippen MR) is 82.0 cm³/mol. The summed E-state index contributed by atoms with van der Waals surface area (Å²) in [5.41, 5.74) is 6.72. The molecule has 0 spiro atoms. The highest BCUT2D eigenvalue weighted by atomic mass is 35.5. The van der Waals surface area contributed by atoms with Gasteiger partial charge in [0.2, 0.25) is 5.91 Å². The number of amides is 1. The highest BCUT2D eigenvalue weighted by Crippen LogP contribution is 2.31. The summed E-state index contributed by atoms with van der Waals surface area (Å²) in [7, 11) is 1.64. The van der Waals surface area contributed by atoms with E-state index in [9.17, 15) is 4.79 Å². The predicted octanol–water partition coefficient (Wildman–Crippen LogP) is 2.11. The SMILES string of the molecule is COc1ccccc1CNC(=O)[C@@H]1CCC[C@@H]1CN.Cl. The van der Waals surface area contributed by atoms with Crippen LogP contribution in [0.15, 0.2) is 24.3 Å². The van der Waals surface area contributed by atoms with Crippen LogP contribution in [0.25, 0.3) is 0 Å². The van der Waals surface area contributed by atoms with Gasteiger partial charge in [-0.2, -0.15) is 0 Å². The smallest absolute Gasteiger partial charge is 0.223 e. The summed E-state index contributed by atoms with van der Waals surface area (Å²) >= 11 is 0. The van der Waals surface area contributed by atoms with Crippen LogP contribution in [0, 0.1) is 11.8 Å². The van der Waals surface area contributed by atoms with Crippen LogP contribution in [-0.4, -0.2) is 19.6 Å². The van der Waals surface area contributed by atoms with E-state index >= 15 is 0 Å². The van der Waals surface area contributed by atoms with Crippen LogP contribution in [0.2, 0.25) is 0 Å². The number of para-hydroxylation sites is 1. The van der Waals surface area contributed by atoms with Crippen molar-refractivity contribution in [2.75, 3.05) is 13.7 Å². The van der Waals surface area contributed by atoms with Gasteiger partial charge in [-0.3, -0.25) is 4.79 Å². The number of rotatable bonds is 5. The first kappa shape index (κ1) is 16.8. The molecule has 112 valence electrons. The fourth-order valence-corrected chi connectivity index (χ4v) is 2.83. The lowest BCUT2D eigenvalue weighted by Gasteiger charge is -2.18. The lowest BCUT2D eigenvalue weighted by molar-refractivity contribution is -0.126. The van der Waals surface area contributed by atoms with Crippen molar-refractivity contribution in [2.24, 2.45) is 17.6 Å². The third-order valence-corrected chi connectivity index (χ3v) is 3.94. The molecule has 0 aliphatic heterocycles. The molecular formula is C15H23ClN2O2. The number of hydrogen-bond acceptors (Lipinski definition) is 3. The molecule has 20 heavy (non-hydrogen) atoms. The standard InChI is InChI=1S/C15H22N2O2.ClH/c1-19-14-8-3-2-5-12(14)10-17-15(18)13-7-4-6-11(13)9-16;/h2-3,5,8,11,13H,4,6-7,9-10,16H2,1H3,(H,17,18);1H/t11-,13-;/m1./s1. The van der Waals surface area contributed by atoms with E-state index in [1.807, 2.05) is 24.3 Å². The minimum atomic E-state index is 0. The Bertz CT molecular complexity index is 440. The van der Waals surface area contributed by atoms with Gasteiger partial charge in [0.1, 0.15) is 5.75 Å². The molecule has 1 aliphatic rings. The number of methoxy groups -OCH3 is 1. The first-order valence-corrected chi connectivity index (χ1v) is 6.86. The van der Waals surface area contributed by atoms with Crippen molar-refractivity contribution in [3.8, 4) is 5.75 Å². The zero-order valence-corrected chi connectivity index (χ0v) is 12.6. The first-order chi connectivity index (χ1) is 9.26. The molecule has 0 unspecified atom stereocenters. The van der Waals surface area contributed by atoms with Crippen molar-refractivity contribution in [1.29, 1.82) is 0 Å². The van der Waals surface area contributed by atoms with Gasteiger partial charge in [0, 0.05) is 18.0 Å². The second-order valence-corrected chi connectivity index (χ2v) is 5.06. The van der Waals surface area contributed by atoms with Gasteiger partial charge in [-0.1, -0.05) is 24.6 Å². The van der Waals surface area contributed by atoms with Gasteiger partial charge < -0.3 is 15.8 Å². The minimum absolute atomic E-state index is 0. The summed E-state index contributed by atoms with van der Waals surface area (Å²) in [4.78, 5) is 12.2. The lowest BCUT2D eigenvalue weighted by Crippen LogP contribution is -2.34. The molecule has 1 aliphatic carbocycles. The van der Waals surface area contributed by atoms with Gasteiger partial charge in [0.05, 0.1) is 7.11 Å². The quantitative estimate of drug-likeness (QED) is 0.875. The highest BCUT2D eigenvalue weighted by Gasteiger charge is 2.31. The molecule has 0 saturated heterocycles. The van der Waals surface area contributed by atoms with Gasteiger partial charge in [-0.25, -0.2) is 0 Å². The number of carbonyl (C=O) groups is 1. The normalized spacial score (nSPS) is 21.1. The second kappa shape index (κ2) is 8.12. The molecule has 1 aromatic carbocycles. The van der Waals surface area contributed by atoms with E-state index in [0.29, 0.717) is 19.0 Å². The van der Waals surface area contributed by atoms with E-state index in [-0.39, 0.29) is 24.2 Å². The molecule has 3 N–H and O–H groups in total. The molecule has 0 aromatic heterocycles. The summed E-state index contributed by atoms with van der Waals surface area (Å²) in [6.07, 6.45) is 3.14. The molecule has 1 amide bonds. The van der Waals surface area contributed by atoms with Crippen molar-refractivity contribution in [3.05, 3.63) is 29.8 Å². The van der Waals surface area contributed by atoms with E-state index in [4.69, 9.17) is 10.5 Å². The van der Waals surface area contributed by atoms with Gasteiger partial charge in [-0.15, -0.1) is 12.4 Å². The highest BCUT2D eigenvalue weighted by molar-refractivity contribution is 5.85. The van der Waals surface area contributed by atoms with Crippen molar-refractivity contribution >= 4 is 18.3 Å². The maximum Gasteiger partial charge on any atom is 0.223 e. The molecular weight excluding hydrogens is 276 g/mol. The fraction of sp³-hybridized carbons (Fsp3) is 0.533. The van der Waals surface area contributed by atoms with E-state index < -0.39 is 0 Å². The van der Waals surface area contributed by atoms with Gasteiger partial charge in [-0.05, 0) is 31.4 Å². The van der Waals surface area contributed by atoms with E-state index in [1.165, 1.54) is 0 Å². The van der Waals surface area contributed by atoms with Crippen LogP contribution in [0.1, 0.15) is 24.8 Å². The Balaban J connectivity index is 0.00000200. The topological polar surface area (TPSA) is 64.3 Å². The van der Waals surface area contributed by atoms with Gasteiger partial charge >= 0.3 is 0 Å². The summed E-state index contributed by atoms with van der Waals surface area (Å²) in [5.74, 6) is 1.36. The Morgan fingerprint density at radius 1 is 1.40 bits per heavy atom. The summed E-state index contributed by atoms with van der Waals surface area (Å²) in [5, 5.41) is 3.01. The maximum absolute atomic E-state index is 12.2. The second-order valence-electron chi connectivity index (χ2n) is 5.06. The van der Waals surface area contributed by atoms with Gasteiger partial charge in [0.25, 0.3) is 0 Å². The summed E-state index contributed by atoms with van der Waals surface area (Å²) in [6.45, 7) is 1.11. The fourth-order valence-electron chi connectivity index (χ4n) is 2.83. The van der Waals surface area contributed by atoms with E-state index in [0.717, 1.165) is 30.6 Å². The molecule has 1 fully saturated rings. The number of ether oxygens (including phenoxy) is 1. The Morgan fingerprint density at radius 3 is 2.85 bits per heavy atom. The van der Waals surface area contributed by atoms with Crippen LogP contribution in [0.5, 0.6) is 5.75 Å². The summed E-state index contributed by atoms with van der Waals surface area (Å²) in [6, 6.07) is 7.74. The number of carbonyl (C=O) groups excluding carboxylic acids is 1. The van der Waals surface area contributed by atoms with Crippen LogP contribution in [0.3, 0.4) is 0 Å². The first-order valence-electron chi connectivity index (χ1n) is 6.86. The number of halogens is 1. The number of benzene rings is 1. The zero-order valence-electron chi connectivity index (χ0n) is 11.8. The molecule has 2 atom stereocenters. The number of nitrogens with two attached hydrogens (primary N) is 1. The van der Waals surface area contributed by atoms with E-state index in [1.54, 1.807) is 7.11 Å². The molecule has 2 rings (SSSR count). The zero-order chi connectivity index (χ0) is 13.7. The van der Waals surface area contributed by atoms with Crippen LogP contribution < -0.4 is 15.8 Å². The van der Waals surface area contributed by atoms with Crippen LogP contribution >= 0.6 is 12.4 Å². The molecule has 0 radical (unpaired) electrons. The number of hydrogen-bond donors (Lipinski definition) is 2. The minimum Gasteiger partial charge on any atom is -0.496 e. The van der Waals surface area contributed by atoms with Crippen LogP contribution in [-0.2, 0) is 11.3 Å². The van der Waals surface area contributed by atoms with Crippen molar-refractivity contribution in [1.82, 2.24) is 5.32 Å². The molecule has 1 saturated carbocycles. The molecule has 0 bridgehead atoms. The average molecular weight is 299 g/mol. The third-order valence-electron chi connectivity index (χ3n) is 3.94. The Labute approximate surface area is 126 Å².